The van der Waals surface area contributed by atoms with Crippen molar-refractivity contribution >= 4 is 11.6 Å². The Morgan fingerprint density at radius 2 is 1.91 bits per heavy atom. The number of carbonyl (C=O) groups excluding carboxylic acids is 1. The Balaban J connectivity index is 1.47. The number of hydrogen-bond donors (Lipinski definition) is 0. The molecule has 1 fully saturated rings. The minimum Gasteiger partial charge on any atom is -0.444 e. The predicted molar refractivity (Wildman–Crippen MR) is 122 cm³/mol. The Labute approximate surface area is 196 Å². The van der Waals surface area contributed by atoms with Crippen molar-refractivity contribution in [1.29, 1.82) is 5.26 Å². The standard InChI is InChI=1S/C23H25N9O2/c1-22(2,3)34-21(33)30-14-23(15-30,6-7-24)32-12-17(10-27-32)20-19-5-8-25-31(19)13-18(28-20)16-9-26-29(4)11-16/h5,8-13H,6,14-15H2,1-4H3. The molecule has 11 nitrogen and oxygen atoms in total. The second kappa shape index (κ2) is 7.69. The van der Waals surface area contributed by atoms with E-state index in [1.54, 1.807) is 37.4 Å². The Hall–Kier alpha value is -4.20. The average molecular weight is 460 g/mol. The topological polar surface area (TPSA) is 119 Å². The number of carbonyl (C=O) groups is 1. The summed E-state index contributed by atoms with van der Waals surface area (Å²) in [7, 11) is 1.86. The molecule has 1 saturated heterocycles. The number of ether oxygens (including phenoxy) is 1. The highest BCUT2D eigenvalue weighted by molar-refractivity contribution is 5.78. The summed E-state index contributed by atoms with van der Waals surface area (Å²) < 4.78 is 10.7. The molecule has 0 unspecified atom stereocenters. The zero-order valence-electron chi connectivity index (χ0n) is 19.5. The van der Waals surface area contributed by atoms with Crippen molar-refractivity contribution in [2.45, 2.75) is 38.3 Å². The lowest BCUT2D eigenvalue weighted by Crippen LogP contribution is -2.64. The maximum Gasteiger partial charge on any atom is 0.410 e. The van der Waals surface area contributed by atoms with Crippen molar-refractivity contribution in [3.05, 3.63) is 43.2 Å². The molecule has 34 heavy (non-hydrogen) atoms. The molecule has 0 aromatic carbocycles. The van der Waals surface area contributed by atoms with Crippen LogP contribution in [0, 0.1) is 11.3 Å². The monoisotopic (exact) mass is 459 g/mol. The van der Waals surface area contributed by atoms with Crippen molar-refractivity contribution in [2.75, 3.05) is 13.1 Å². The minimum absolute atomic E-state index is 0.221. The summed E-state index contributed by atoms with van der Waals surface area (Å²) in [5.41, 5.74) is 2.78. The first-order chi connectivity index (χ1) is 16.2. The fraction of sp³-hybridized carbons (Fsp3) is 0.391. The van der Waals surface area contributed by atoms with Crippen LogP contribution in [0.2, 0.25) is 0 Å². The first-order valence-corrected chi connectivity index (χ1v) is 10.9. The van der Waals surface area contributed by atoms with E-state index in [-0.39, 0.29) is 12.5 Å². The van der Waals surface area contributed by atoms with Crippen LogP contribution in [-0.4, -0.2) is 63.8 Å². The zero-order valence-corrected chi connectivity index (χ0v) is 19.5. The van der Waals surface area contributed by atoms with Gasteiger partial charge in [-0.1, -0.05) is 0 Å². The SMILES string of the molecule is Cn1cc(-c2cn3nccc3c(-c3cnn(C4(CC#N)CN(C(=O)OC(C)(C)C)C4)c3)n2)cn1. The molecule has 0 saturated carbocycles. The van der Waals surface area contributed by atoms with Gasteiger partial charge in [0.1, 0.15) is 11.1 Å². The molecule has 5 heterocycles. The third-order valence-corrected chi connectivity index (χ3v) is 5.76. The average Bonchev–Trinajstić information content (AvgIpc) is 3.48. The number of nitrogens with zero attached hydrogens (tertiary/aromatic N) is 9. The molecule has 0 atom stereocenters. The van der Waals surface area contributed by atoms with E-state index < -0.39 is 11.1 Å². The van der Waals surface area contributed by atoms with Crippen LogP contribution in [0.1, 0.15) is 27.2 Å². The van der Waals surface area contributed by atoms with Crippen LogP contribution in [0.15, 0.2) is 43.2 Å². The summed E-state index contributed by atoms with van der Waals surface area (Å²) in [4.78, 5) is 18.9. The lowest BCUT2D eigenvalue weighted by Gasteiger charge is -2.48. The van der Waals surface area contributed by atoms with Gasteiger partial charge in [-0.15, -0.1) is 0 Å². The van der Waals surface area contributed by atoms with E-state index in [0.717, 1.165) is 28.0 Å². The van der Waals surface area contributed by atoms with Gasteiger partial charge in [-0.2, -0.15) is 20.6 Å². The van der Waals surface area contributed by atoms with Gasteiger partial charge in [0.05, 0.1) is 67.3 Å². The van der Waals surface area contributed by atoms with Gasteiger partial charge in [0.2, 0.25) is 0 Å². The van der Waals surface area contributed by atoms with Crippen LogP contribution in [0.5, 0.6) is 0 Å². The summed E-state index contributed by atoms with van der Waals surface area (Å²) in [6, 6.07) is 4.14. The molecule has 0 radical (unpaired) electrons. The molecule has 0 spiro atoms. The van der Waals surface area contributed by atoms with Crippen molar-refractivity contribution in [3.63, 3.8) is 0 Å². The fourth-order valence-electron chi connectivity index (χ4n) is 4.14. The van der Waals surface area contributed by atoms with Gasteiger partial charge in [0.25, 0.3) is 0 Å². The summed E-state index contributed by atoms with van der Waals surface area (Å²) in [5, 5.41) is 22.7. The molecule has 5 rings (SSSR count). The zero-order chi connectivity index (χ0) is 24.1. The Bertz CT molecular complexity index is 1410. The Morgan fingerprint density at radius 3 is 2.59 bits per heavy atom. The van der Waals surface area contributed by atoms with Gasteiger partial charge in [0.15, 0.2) is 0 Å². The fourth-order valence-corrected chi connectivity index (χ4v) is 4.14. The Morgan fingerprint density at radius 1 is 1.15 bits per heavy atom. The number of aromatic nitrogens is 7. The maximum atomic E-state index is 12.4. The molecular weight excluding hydrogens is 434 g/mol. The van der Waals surface area contributed by atoms with Crippen LogP contribution < -0.4 is 0 Å². The van der Waals surface area contributed by atoms with Crippen molar-refractivity contribution in [3.8, 4) is 28.6 Å². The highest BCUT2D eigenvalue weighted by Crippen LogP contribution is 2.35. The van der Waals surface area contributed by atoms with Crippen molar-refractivity contribution in [1.82, 2.24) is 39.1 Å². The normalized spacial score (nSPS) is 15.2. The number of hydrogen-bond acceptors (Lipinski definition) is 7. The highest BCUT2D eigenvalue weighted by atomic mass is 16.6. The summed E-state index contributed by atoms with van der Waals surface area (Å²) in [6.45, 7) is 6.19. The van der Waals surface area contributed by atoms with E-state index in [1.165, 1.54) is 0 Å². The van der Waals surface area contributed by atoms with Crippen molar-refractivity contribution in [2.24, 2.45) is 7.05 Å². The molecule has 0 N–H and O–H groups in total. The molecule has 4 aromatic rings. The molecule has 1 aliphatic rings. The highest BCUT2D eigenvalue weighted by Gasteiger charge is 2.48. The quantitative estimate of drug-likeness (QED) is 0.460. The lowest BCUT2D eigenvalue weighted by molar-refractivity contribution is -0.0314. The minimum atomic E-state index is -0.610. The van der Waals surface area contributed by atoms with Gasteiger partial charge >= 0.3 is 6.09 Å². The van der Waals surface area contributed by atoms with Gasteiger partial charge in [0, 0.05) is 30.6 Å². The largest absolute Gasteiger partial charge is 0.444 e. The number of nitriles is 1. The number of likely N-dealkylation sites (tertiary alicyclic amines) is 1. The first-order valence-electron chi connectivity index (χ1n) is 10.9. The molecule has 1 amide bonds. The lowest BCUT2D eigenvalue weighted by atomic mass is 9.87. The number of fused-ring (bicyclic) bond motifs is 1. The second-order valence-corrected chi connectivity index (χ2v) is 9.61. The first kappa shape index (κ1) is 21.6. The smallest absolute Gasteiger partial charge is 0.410 e. The van der Waals surface area contributed by atoms with Crippen LogP contribution in [0.25, 0.3) is 28.0 Å². The molecule has 0 aliphatic carbocycles. The van der Waals surface area contributed by atoms with Gasteiger partial charge < -0.3 is 9.64 Å². The summed E-state index contributed by atoms with van der Waals surface area (Å²) in [5.74, 6) is 0. The molecular formula is C23H25N9O2. The second-order valence-electron chi connectivity index (χ2n) is 9.61. The van der Waals surface area contributed by atoms with Crippen LogP contribution in [-0.2, 0) is 17.3 Å². The summed E-state index contributed by atoms with van der Waals surface area (Å²) in [6.07, 6.45) is 10.7. The maximum absolute atomic E-state index is 12.4. The van der Waals surface area contributed by atoms with Gasteiger partial charge in [-0.3, -0.25) is 9.36 Å². The van der Waals surface area contributed by atoms with E-state index in [4.69, 9.17) is 9.72 Å². The predicted octanol–water partition coefficient (Wildman–Crippen LogP) is 2.85. The number of aryl methyl sites for hydroxylation is 1. The van der Waals surface area contributed by atoms with E-state index in [0.29, 0.717) is 13.1 Å². The van der Waals surface area contributed by atoms with E-state index in [2.05, 4.69) is 21.4 Å². The molecule has 0 bridgehead atoms. The third kappa shape index (κ3) is 3.77. The molecule has 4 aromatic heterocycles. The molecule has 174 valence electrons. The van der Waals surface area contributed by atoms with Crippen LogP contribution in [0.4, 0.5) is 4.79 Å². The van der Waals surface area contributed by atoms with E-state index in [9.17, 15) is 10.1 Å². The number of rotatable bonds is 4. The van der Waals surface area contributed by atoms with E-state index >= 15 is 0 Å². The van der Waals surface area contributed by atoms with Gasteiger partial charge in [-0.25, -0.2) is 14.3 Å². The van der Waals surface area contributed by atoms with Gasteiger partial charge in [-0.05, 0) is 26.8 Å². The number of amides is 1. The molecule has 11 heteroatoms. The van der Waals surface area contributed by atoms with Crippen LogP contribution in [0.3, 0.4) is 0 Å². The van der Waals surface area contributed by atoms with E-state index in [1.807, 2.05) is 52.5 Å². The third-order valence-electron chi connectivity index (χ3n) is 5.76. The molecule has 1 aliphatic heterocycles. The summed E-state index contributed by atoms with van der Waals surface area (Å²) >= 11 is 0. The van der Waals surface area contributed by atoms with Crippen LogP contribution >= 0.6 is 0 Å². The van der Waals surface area contributed by atoms with Crippen molar-refractivity contribution < 1.29 is 9.53 Å². The Kier molecular flexibility index (Phi) is 4.89.